The molecule has 0 bridgehead atoms. The zero-order valence-corrected chi connectivity index (χ0v) is 9.31. The molecule has 1 aromatic carbocycles. The van der Waals surface area contributed by atoms with Crippen LogP contribution in [0.15, 0.2) is 35.3 Å². The van der Waals surface area contributed by atoms with Crippen LogP contribution in [0, 0.1) is 0 Å². The van der Waals surface area contributed by atoms with Crippen molar-refractivity contribution in [1.82, 2.24) is 5.32 Å². The molecule has 6 heteroatoms. The predicted octanol–water partition coefficient (Wildman–Crippen LogP) is 0.550. The van der Waals surface area contributed by atoms with Crippen LogP contribution in [0.25, 0.3) is 0 Å². The van der Waals surface area contributed by atoms with Crippen LogP contribution >= 0.6 is 0 Å². The maximum Gasteiger partial charge on any atom is 0.236 e. The number of hydrogen-bond acceptors (Lipinski definition) is 3. The van der Waals surface area contributed by atoms with Crippen molar-refractivity contribution >= 4 is 36.4 Å². The van der Waals surface area contributed by atoms with E-state index in [1.807, 2.05) is 30.3 Å². The number of para-hydroxylation sites is 1. The lowest BCUT2D eigenvalue weighted by Gasteiger charge is -1.96. The minimum atomic E-state index is -0.652. The first kappa shape index (κ1) is 10.3. The van der Waals surface area contributed by atoms with E-state index in [4.69, 9.17) is 0 Å². The molecule has 0 saturated carbocycles. The largest absolute Gasteiger partial charge is 0.304 e. The molecule has 0 aromatic heterocycles. The summed E-state index contributed by atoms with van der Waals surface area (Å²) in [5.41, 5.74) is 0.751. The fourth-order valence-corrected chi connectivity index (χ4v) is 3.04. The van der Waals surface area contributed by atoms with E-state index in [-0.39, 0.29) is 11.7 Å². The summed E-state index contributed by atoms with van der Waals surface area (Å²) >= 11 is 0. The summed E-state index contributed by atoms with van der Waals surface area (Å²) in [5, 5.41) is 3.10. The van der Waals surface area contributed by atoms with Crippen LogP contribution in [-0.4, -0.2) is 21.0 Å². The number of carbonyl (C=O) groups is 1. The van der Waals surface area contributed by atoms with Crippen LogP contribution in [0.5, 0.6) is 0 Å². The monoisotopic (exact) mass is 240 g/mol. The lowest BCUT2D eigenvalue weighted by atomic mass is 10.3. The number of amidine groups is 1. The second kappa shape index (κ2) is 4.50. The van der Waals surface area contributed by atoms with Crippen molar-refractivity contribution in [2.75, 3.05) is 5.75 Å². The molecule has 1 unspecified atom stereocenters. The zero-order valence-electron chi connectivity index (χ0n) is 7.67. The van der Waals surface area contributed by atoms with Crippen LogP contribution < -0.4 is 5.32 Å². The summed E-state index contributed by atoms with van der Waals surface area (Å²) in [6.07, 6.45) is 0. The van der Waals surface area contributed by atoms with Gasteiger partial charge in [0, 0.05) is 0 Å². The Kier molecular flexibility index (Phi) is 3.08. The lowest BCUT2D eigenvalue weighted by molar-refractivity contribution is -0.116. The third-order valence-corrected chi connectivity index (χ3v) is 4.43. The van der Waals surface area contributed by atoms with Gasteiger partial charge in [0.05, 0.1) is 11.4 Å². The summed E-state index contributed by atoms with van der Waals surface area (Å²) < 4.78 is 10.7. The van der Waals surface area contributed by atoms with Crippen molar-refractivity contribution in [3.8, 4) is 0 Å². The summed E-state index contributed by atoms with van der Waals surface area (Å²) in [6, 6.07) is 9.26. The molecule has 1 aliphatic heterocycles. The van der Waals surface area contributed by atoms with E-state index in [1.54, 1.807) is 0 Å². The summed E-state index contributed by atoms with van der Waals surface area (Å²) in [6.45, 7) is 0. The van der Waals surface area contributed by atoms with Crippen molar-refractivity contribution < 1.29 is 9.00 Å². The van der Waals surface area contributed by atoms with Gasteiger partial charge in [0.2, 0.25) is 5.91 Å². The average molecular weight is 240 g/mol. The molecule has 0 aliphatic carbocycles. The Bertz CT molecular complexity index is 478. The van der Waals surface area contributed by atoms with E-state index < -0.39 is 9.45 Å². The summed E-state index contributed by atoms with van der Waals surface area (Å²) in [5.74, 6) is 0.121. The molecule has 1 amide bonds. The van der Waals surface area contributed by atoms with E-state index in [0.717, 1.165) is 5.69 Å². The van der Waals surface area contributed by atoms with Crippen LogP contribution in [0.1, 0.15) is 0 Å². The molecule has 0 radical (unpaired) electrons. The molecular weight excluding hydrogens is 232 g/mol. The van der Waals surface area contributed by atoms with Crippen LogP contribution in [0.2, 0.25) is 0 Å². The van der Waals surface area contributed by atoms with Gasteiger partial charge < -0.3 is 5.32 Å². The minimum Gasteiger partial charge on any atom is -0.304 e. The number of aliphatic imine (C=N–C) groups is 1. The third kappa shape index (κ3) is 2.40. The topological polar surface area (TPSA) is 58.5 Å². The Morgan fingerprint density at radius 1 is 1.33 bits per heavy atom. The SMILES string of the molecule is O=S=S1CC(=O)NC1=Nc1ccccc1. The molecule has 1 fully saturated rings. The molecule has 1 aromatic rings. The molecule has 1 N–H and O–H groups in total. The summed E-state index contributed by atoms with van der Waals surface area (Å²) in [4.78, 5) is 15.3. The molecule has 78 valence electrons. The standard InChI is InChI=1S/C9H8N2O2S2/c12-8-6-15(14-13)9(11-8)10-7-4-2-1-3-5-7/h1-5H,6H2,(H,10,11,12). The maximum absolute atomic E-state index is 11.1. The van der Waals surface area contributed by atoms with Gasteiger partial charge in [0.25, 0.3) is 0 Å². The first-order valence-corrected chi connectivity index (χ1v) is 6.89. The zero-order chi connectivity index (χ0) is 10.7. The fourth-order valence-electron chi connectivity index (χ4n) is 1.15. The van der Waals surface area contributed by atoms with E-state index >= 15 is 0 Å². The number of nitrogens with one attached hydrogen (secondary N) is 1. The predicted molar refractivity (Wildman–Crippen MR) is 62.1 cm³/mol. The van der Waals surface area contributed by atoms with Gasteiger partial charge in [-0.05, 0) is 21.6 Å². The highest BCUT2D eigenvalue weighted by Crippen LogP contribution is 2.12. The van der Waals surface area contributed by atoms with E-state index in [9.17, 15) is 9.00 Å². The first-order valence-electron chi connectivity index (χ1n) is 4.24. The summed E-state index contributed by atoms with van der Waals surface area (Å²) in [7, 11) is -0.225. The van der Waals surface area contributed by atoms with Crippen LogP contribution in [0.4, 0.5) is 5.69 Å². The number of amides is 1. The fraction of sp³-hybridized carbons (Fsp3) is 0.111. The first-order chi connectivity index (χ1) is 7.29. The molecule has 2 rings (SSSR count). The Hall–Kier alpha value is -1.27. The molecule has 0 spiro atoms. The molecule has 1 saturated heterocycles. The highest BCUT2D eigenvalue weighted by atomic mass is 32.8. The average Bonchev–Trinajstić information content (AvgIpc) is 2.60. The Labute approximate surface area is 92.1 Å². The molecule has 15 heavy (non-hydrogen) atoms. The molecular formula is C9H8N2O2S2. The second-order valence-corrected chi connectivity index (χ2v) is 5.98. The van der Waals surface area contributed by atoms with Gasteiger partial charge in [-0.25, -0.2) is 9.20 Å². The van der Waals surface area contributed by atoms with Gasteiger partial charge in [-0.2, -0.15) is 0 Å². The van der Waals surface area contributed by atoms with Crippen molar-refractivity contribution in [2.24, 2.45) is 4.99 Å². The van der Waals surface area contributed by atoms with Gasteiger partial charge in [-0.1, -0.05) is 18.2 Å². The van der Waals surface area contributed by atoms with Crippen molar-refractivity contribution in [2.45, 2.75) is 0 Å². The number of rotatable bonds is 1. The normalized spacial score (nSPS) is 22.8. The number of benzene rings is 1. The smallest absolute Gasteiger partial charge is 0.236 e. The Morgan fingerprint density at radius 3 is 2.73 bits per heavy atom. The number of nitrogens with zero attached hydrogens (tertiary/aromatic N) is 1. The van der Waals surface area contributed by atoms with E-state index in [0.29, 0.717) is 15.4 Å². The Balaban J connectivity index is 2.35. The van der Waals surface area contributed by atoms with Gasteiger partial charge in [0.15, 0.2) is 5.17 Å². The van der Waals surface area contributed by atoms with Crippen molar-refractivity contribution in [1.29, 1.82) is 0 Å². The quantitative estimate of drug-likeness (QED) is 0.779. The maximum atomic E-state index is 11.1. The van der Waals surface area contributed by atoms with Crippen molar-refractivity contribution in [3.05, 3.63) is 30.3 Å². The second-order valence-electron chi connectivity index (χ2n) is 2.86. The van der Waals surface area contributed by atoms with E-state index in [1.165, 1.54) is 0 Å². The van der Waals surface area contributed by atoms with Crippen molar-refractivity contribution in [3.63, 3.8) is 0 Å². The molecule has 4 nitrogen and oxygen atoms in total. The highest BCUT2D eigenvalue weighted by Gasteiger charge is 2.22. The molecule has 1 atom stereocenters. The van der Waals surface area contributed by atoms with Crippen LogP contribution in [0.3, 0.4) is 0 Å². The molecule has 1 heterocycles. The number of hydrogen-bond donors (Lipinski definition) is 1. The van der Waals surface area contributed by atoms with E-state index in [2.05, 4.69) is 10.3 Å². The van der Waals surface area contributed by atoms with Gasteiger partial charge in [-0.3, -0.25) is 4.79 Å². The van der Waals surface area contributed by atoms with Gasteiger partial charge in [0.1, 0.15) is 10.2 Å². The third-order valence-electron chi connectivity index (χ3n) is 1.79. The lowest BCUT2D eigenvalue weighted by Crippen LogP contribution is -2.20. The number of carbonyl (C=O) groups excluding carboxylic acids is 1. The Morgan fingerprint density at radius 2 is 2.07 bits per heavy atom. The highest BCUT2D eigenvalue weighted by molar-refractivity contribution is 8.40. The van der Waals surface area contributed by atoms with Gasteiger partial charge in [-0.15, -0.1) is 0 Å². The molecule has 1 aliphatic rings. The van der Waals surface area contributed by atoms with Crippen LogP contribution in [-0.2, 0) is 24.5 Å². The minimum absolute atomic E-state index is 0.128. The van der Waals surface area contributed by atoms with Gasteiger partial charge >= 0.3 is 0 Å².